The van der Waals surface area contributed by atoms with Gasteiger partial charge in [-0.2, -0.15) is 13.2 Å². The average Bonchev–Trinajstić information content (AvgIpc) is 3.09. The monoisotopic (exact) mass is 455 g/mol. The van der Waals surface area contributed by atoms with Gasteiger partial charge in [0.05, 0.1) is 17.2 Å². The summed E-state index contributed by atoms with van der Waals surface area (Å²) in [5.41, 5.74) is 1.23. The summed E-state index contributed by atoms with van der Waals surface area (Å²) in [4.78, 5) is 16.9. The van der Waals surface area contributed by atoms with Crippen LogP contribution in [0.4, 0.5) is 13.2 Å². The van der Waals surface area contributed by atoms with Gasteiger partial charge in [0.15, 0.2) is 0 Å². The van der Waals surface area contributed by atoms with E-state index in [1.165, 1.54) is 31.7 Å². The third-order valence-corrected chi connectivity index (χ3v) is 7.87. The molecule has 2 saturated carbocycles. The second-order valence-electron chi connectivity index (χ2n) is 9.76. The number of carbonyl (C=O) groups is 1. The molecule has 3 nitrogen and oxygen atoms in total. The maximum Gasteiger partial charge on any atom is 0.416 e. The predicted molar refractivity (Wildman–Crippen MR) is 120 cm³/mol. The van der Waals surface area contributed by atoms with Crippen molar-refractivity contribution in [2.45, 2.75) is 51.3 Å². The van der Waals surface area contributed by atoms with Crippen LogP contribution < -0.4 is 0 Å². The van der Waals surface area contributed by atoms with Crippen LogP contribution in [-0.2, 0) is 15.7 Å². The fourth-order valence-corrected chi connectivity index (χ4v) is 6.35. The number of allylic oxidation sites excluding steroid dienone is 1. The zero-order chi connectivity index (χ0) is 23.2. The molecule has 0 N–H and O–H groups in total. The van der Waals surface area contributed by atoms with Gasteiger partial charge in [0, 0.05) is 17.7 Å². The zero-order valence-corrected chi connectivity index (χ0v) is 18.6. The first-order valence-electron chi connectivity index (χ1n) is 11.8. The lowest BCUT2D eigenvalue weighted by atomic mass is 9.57. The van der Waals surface area contributed by atoms with E-state index in [0.717, 1.165) is 24.2 Å². The number of aromatic nitrogens is 1. The molecule has 33 heavy (non-hydrogen) atoms. The van der Waals surface area contributed by atoms with E-state index in [0.29, 0.717) is 23.0 Å². The summed E-state index contributed by atoms with van der Waals surface area (Å²) in [7, 11) is 0. The molecule has 0 amide bonds. The molecule has 3 fully saturated rings. The van der Waals surface area contributed by atoms with Gasteiger partial charge in [0.25, 0.3) is 0 Å². The van der Waals surface area contributed by atoms with Crippen LogP contribution in [0, 0.1) is 29.6 Å². The molecular weight excluding hydrogens is 427 g/mol. The summed E-state index contributed by atoms with van der Waals surface area (Å²) in [6.07, 6.45) is 7.18. The molecule has 1 aliphatic heterocycles. The molecule has 174 valence electrons. The lowest BCUT2D eigenvalue weighted by molar-refractivity contribution is -0.144. The minimum atomic E-state index is -4.37. The van der Waals surface area contributed by atoms with Gasteiger partial charge in [0.2, 0.25) is 0 Å². The number of rotatable bonds is 3. The highest BCUT2D eigenvalue weighted by molar-refractivity contribution is 5.75. The molecular formula is C27H28F3NO2. The summed E-state index contributed by atoms with van der Waals surface area (Å²) >= 11 is 0. The van der Waals surface area contributed by atoms with Crippen LogP contribution in [0.25, 0.3) is 17.2 Å². The first kappa shape index (κ1) is 22.2. The van der Waals surface area contributed by atoms with Crippen LogP contribution in [0.15, 0.2) is 48.7 Å². The second-order valence-corrected chi connectivity index (χ2v) is 9.76. The Morgan fingerprint density at radius 2 is 1.91 bits per heavy atom. The van der Waals surface area contributed by atoms with Crippen molar-refractivity contribution in [3.8, 4) is 11.1 Å². The van der Waals surface area contributed by atoms with Crippen molar-refractivity contribution in [1.29, 1.82) is 0 Å². The van der Waals surface area contributed by atoms with Crippen LogP contribution in [0.1, 0.15) is 50.3 Å². The molecule has 3 aliphatic rings. The van der Waals surface area contributed by atoms with E-state index in [9.17, 15) is 18.0 Å². The van der Waals surface area contributed by atoms with Crippen LogP contribution in [-0.4, -0.2) is 17.1 Å². The molecule has 1 aromatic carbocycles. The molecule has 1 aromatic heterocycles. The Balaban J connectivity index is 1.38. The molecule has 2 heterocycles. The Bertz CT molecular complexity index is 1050. The van der Waals surface area contributed by atoms with Gasteiger partial charge in [-0.25, -0.2) is 0 Å². The number of ether oxygens (including phenoxy) is 1. The summed E-state index contributed by atoms with van der Waals surface area (Å²) < 4.78 is 44.7. The quantitative estimate of drug-likeness (QED) is 0.479. The van der Waals surface area contributed by atoms with Crippen molar-refractivity contribution in [3.05, 3.63) is 59.9 Å². The van der Waals surface area contributed by atoms with E-state index in [1.54, 1.807) is 18.3 Å². The standard InChI is InChI=1S/C27H28F3NO2/c1-16-25-23(22-8-3-2-5-18(22)14-24(25)26(32)33-16)12-11-21-10-9-19(15-31-21)17-6-4-7-20(13-17)27(28,29)30/h4,6-7,9-13,15-16,18,22-25H,2-3,5,8,14H2,1H3/b12-11+/t16-,18?,22?,23?,24?,25?/m1/s1. The fraction of sp³-hybridized carbons (Fsp3) is 0.481. The molecule has 6 heteroatoms. The van der Waals surface area contributed by atoms with Crippen molar-refractivity contribution < 1.29 is 22.7 Å². The number of halogens is 3. The van der Waals surface area contributed by atoms with Crippen molar-refractivity contribution in [3.63, 3.8) is 0 Å². The molecule has 5 unspecified atom stereocenters. The Morgan fingerprint density at radius 3 is 2.67 bits per heavy atom. The van der Waals surface area contributed by atoms with Crippen molar-refractivity contribution in [1.82, 2.24) is 4.98 Å². The van der Waals surface area contributed by atoms with E-state index in [1.807, 2.05) is 19.1 Å². The zero-order valence-electron chi connectivity index (χ0n) is 18.6. The Hall–Kier alpha value is -2.63. The third-order valence-electron chi connectivity index (χ3n) is 7.87. The van der Waals surface area contributed by atoms with E-state index < -0.39 is 11.7 Å². The number of esters is 1. The van der Waals surface area contributed by atoms with E-state index in [4.69, 9.17) is 4.74 Å². The molecule has 0 spiro atoms. The van der Waals surface area contributed by atoms with E-state index in [2.05, 4.69) is 11.1 Å². The molecule has 0 radical (unpaired) electrons. The van der Waals surface area contributed by atoms with Crippen LogP contribution >= 0.6 is 0 Å². The highest BCUT2D eigenvalue weighted by Gasteiger charge is 2.53. The summed E-state index contributed by atoms with van der Waals surface area (Å²) in [6.45, 7) is 2.01. The van der Waals surface area contributed by atoms with Gasteiger partial charge >= 0.3 is 12.1 Å². The summed E-state index contributed by atoms with van der Waals surface area (Å²) in [6, 6.07) is 8.94. The van der Waals surface area contributed by atoms with E-state index >= 15 is 0 Å². The van der Waals surface area contributed by atoms with Gasteiger partial charge in [-0.1, -0.05) is 43.5 Å². The Kier molecular flexibility index (Phi) is 5.79. The average molecular weight is 456 g/mol. The highest BCUT2D eigenvalue weighted by atomic mass is 19.4. The van der Waals surface area contributed by atoms with Gasteiger partial charge in [-0.05, 0) is 67.4 Å². The molecule has 5 rings (SSSR count). The third kappa shape index (κ3) is 4.32. The number of hydrogen-bond donors (Lipinski definition) is 0. The number of carbonyl (C=O) groups excluding carboxylic acids is 1. The largest absolute Gasteiger partial charge is 0.462 e. The first-order valence-corrected chi connectivity index (χ1v) is 11.8. The number of nitrogens with zero attached hydrogens (tertiary/aromatic N) is 1. The van der Waals surface area contributed by atoms with Gasteiger partial charge in [-0.3, -0.25) is 9.78 Å². The first-order chi connectivity index (χ1) is 15.8. The molecule has 2 aromatic rings. The molecule has 0 bridgehead atoms. The lowest BCUT2D eigenvalue weighted by Gasteiger charge is -2.45. The fourth-order valence-electron chi connectivity index (χ4n) is 6.35. The Morgan fingerprint density at radius 1 is 1.09 bits per heavy atom. The normalized spacial score (nSPS) is 31.8. The lowest BCUT2D eigenvalue weighted by Crippen LogP contribution is -2.42. The highest BCUT2D eigenvalue weighted by Crippen LogP contribution is 2.53. The van der Waals surface area contributed by atoms with Gasteiger partial charge < -0.3 is 4.74 Å². The number of benzene rings is 1. The number of pyridine rings is 1. The minimum absolute atomic E-state index is 0.00903. The van der Waals surface area contributed by atoms with Crippen molar-refractivity contribution >= 4 is 12.0 Å². The topological polar surface area (TPSA) is 39.2 Å². The number of alkyl halides is 3. The number of fused-ring (bicyclic) bond motifs is 2. The number of hydrogen-bond acceptors (Lipinski definition) is 3. The van der Waals surface area contributed by atoms with Gasteiger partial charge in [0.1, 0.15) is 6.10 Å². The SMILES string of the molecule is C[C@H]1OC(=O)C2CC3CCCCC3C(/C=C/c3ccc(-c4cccc(C(F)(F)F)c4)cn3)C21. The smallest absolute Gasteiger partial charge is 0.416 e. The molecule has 1 saturated heterocycles. The Labute approximate surface area is 192 Å². The maximum atomic E-state index is 13.0. The van der Waals surface area contributed by atoms with Crippen LogP contribution in [0.3, 0.4) is 0 Å². The van der Waals surface area contributed by atoms with Gasteiger partial charge in [-0.15, -0.1) is 0 Å². The second kappa shape index (κ2) is 8.62. The van der Waals surface area contributed by atoms with Crippen molar-refractivity contribution in [2.75, 3.05) is 0 Å². The van der Waals surface area contributed by atoms with Crippen LogP contribution in [0.2, 0.25) is 0 Å². The minimum Gasteiger partial charge on any atom is -0.462 e. The molecule has 2 aliphatic carbocycles. The molecule has 6 atom stereocenters. The maximum absolute atomic E-state index is 13.0. The number of cyclic esters (lactones) is 1. The van der Waals surface area contributed by atoms with Crippen molar-refractivity contribution in [2.24, 2.45) is 29.6 Å². The van der Waals surface area contributed by atoms with E-state index in [-0.39, 0.29) is 29.8 Å². The predicted octanol–water partition coefficient (Wildman–Crippen LogP) is 6.78. The van der Waals surface area contributed by atoms with Crippen LogP contribution in [0.5, 0.6) is 0 Å². The summed E-state index contributed by atoms with van der Waals surface area (Å²) in [5, 5.41) is 0. The summed E-state index contributed by atoms with van der Waals surface area (Å²) in [5.74, 6) is 1.57.